The van der Waals surface area contributed by atoms with Gasteiger partial charge in [0.15, 0.2) is 11.5 Å². The Morgan fingerprint density at radius 3 is 2.95 bits per heavy atom. The average Bonchev–Trinajstić information content (AvgIpc) is 2.48. The molecule has 0 radical (unpaired) electrons. The van der Waals surface area contributed by atoms with Crippen LogP contribution >= 0.6 is 0 Å². The Morgan fingerprint density at radius 2 is 2.16 bits per heavy atom. The Kier molecular flexibility index (Phi) is 3.55. The predicted octanol–water partition coefficient (Wildman–Crippen LogP) is 0.695. The summed E-state index contributed by atoms with van der Waals surface area (Å²) in [6.07, 6.45) is 1.55. The Labute approximate surface area is 112 Å². The third-order valence-corrected chi connectivity index (χ3v) is 3.44. The molecule has 1 fully saturated rings. The highest BCUT2D eigenvalue weighted by Crippen LogP contribution is 2.30. The van der Waals surface area contributed by atoms with Crippen LogP contribution in [0.15, 0.2) is 24.3 Å². The first-order valence-corrected chi connectivity index (χ1v) is 6.72. The first-order valence-electron chi connectivity index (χ1n) is 6.72. The molecular formula is C14H18N2O3. The van der Waals surface area contributed by atoms with Gasteiger partial charge in [-0.3, -0.25) is 4.79 Å². The zero-order chi connectivity index (χ0) is 13.1. The minimum atomic E-state index is -0.558. The summed E-state index contributed by atoms with van der Waals surface area (Å²) in [5, 5.41) is 6.28. The van der Waals surface area contributed by atoms with Crippen molar-refractivity contribution >= 4 is 5.91 Å². The van der Waals surface area contributed by atoms with Crippen LogP contribution in [0.5, 0.6) is 11.5 Å². The smallest absolute Gasteiger partial charge is 0.264 e. The first-order chi connectivity index (χ1) is 9.33. The van der Waals surface area contributed by atoms with E-state index >= 15 is 0 Å². The third-order valence-electron chi connectivity index (χ3n) is 3.44. The van der Waals surface area contributed by atoms with Crippen LogP contribution in [0.4, 0.5) is 0 Å². The molecule has 0 saturated carbocycles. The Morgan fingerprint density at radius 1 is 1.32 bits per heavy atom. The molecule has 5 nitrogen and oxygen atoms in total. The number of para-hydroxylation sites is 2. The summed E-state index contributed by atoms with van der Waals surface area (Å²) in [5.41, 5.74) is 0. The highest BCUT2D eigenvalue weighted by Gasteiger charge is 2.28. The molecule has 1 amide bonds. The fraction of sp³-hybridized carbons (Fsp3) is 0.500. The van der Waals surface area contributed by atoms with Crippen LogP contribution in [0.3, 0.4) is 0 Å². The fourth-order valence-electron chi connectivity index (χ4n) is 2.42. The van der Waals surface area contributed by atoms with Gasteiger partial charge in [-0.25, -0.2) is 0 Å². The van der Waals surface area contributed by atoms with E-state index in [-0.39, 0.29) is 18.6 Å². The monoisotopic (exact) mass is 262 g/mol. The number of nitrogens with one attached hydrogen (secondary N) is 2. The van der Waals surface area contributed by atoms with E-state index in [0.717, 1.165) is 25.9 Å². The van der Waals surface area contributed by atoms with Crippen LogP contribution in [0.25, 0.3) is 0 Å². The number of ether oxygens (including phenoxy) is 2. The van der Waals surface area contributed by atoms with Crippen LogP contribution in [-0.2, 0) is 4.79 Å². The van der Waals surface area contributed by atoms with E-state index in [1.165, 1.54) is 0 Å². The lowest BCUT2D eigenvalue weighted by molar-refractivity contribution is -0.131. The van der Waals surface area contributed by atoms with Crippen LogP contribution in [0.2, 0.25) is 0 Å². The molecule has 1 saturated heterocycles. The van der Waals surface area contributed by atoms with E-state index in [1.807, 2.05) is 24.3 Å². The second-order valence-corrected chi connectivity index (χ2v) is 4.92. The van der Waals surface area contributed by atoms with Crippen LogP contribution < -0.4 is 20.1 Å². The highest BCUT2D eigenvalue weighted by molar-refractivity contribution is 5.82. The number of carbonyl (C=O) groups excluding carboxylic acids is 1. The van der Waals surface area contributed by atoms with Gasteiger partial charge < -0.3 is 20.1 Å². The number of hydrogen-bond acceptors (Lipinski definition) is 4. The SMILES string of the molecule is O=C(N[C@@H]1CCCNC1)[C@H]1COc2ccccc2O1. The lowest BCUT2D eigenvalue weighted by atomic mass is 10.1. The molecule has 1 aromatic rings. The van der Waals surface area contributed by atoms with Crippen LogP contribution in [0, 0.1) is 0 Å². The normalized spacial score (nSPS) is 25.7. The maximum absolute atomic E-state index is 12.1. The molecule has 1 aromatic carbocycles. The number of hydrogen-bond donors (Lipinski definition) is 2. The Balaban J connectivity index is 1.59. The number of amides is 1. The standard InChI is InChI=1S/C14H18N2O3/c17-14(16-10-4-3-7-15-8-10)13-9-18-11-5-1-2-6-12(11)19-13/h1-2,5-6,10,13,15H,3-4,7-9H2,(H,16,17)/t10-,13-/m1/s1. The van der Waals surface area contributed by atoms with Gasteiger partial charge in [0.25, 0.3) is 5.91 Å². The van der Waals surface area contributed by atoms with Gasteiger partial charge in [0.05, 0.1) is 0 Å². The van der Waals surface area contributed by atoms with Crippen molar-refractivity contribution in [2.45, 2.75) is 25.0 Å². The summed E-state index contributed by atoms with van der Waals surface area (Å²) in [4.78, 5) is 12.1. The lowest BCUT2D eigenvalue weighted by Crippen LogP contribution is -2.51. The van der Waals surface area contributed by atoms with E-state index in [4.69, 9.17) is 9.47 Å². The van der Waals surface area contributed by atoms with Gasteiger partial charge in [0.1, 0.15) is 6.61 Å². The van der Waals surface area contributed by atoms with E-state index in [9.17, 15) is 4.79 Å². The minimum Gasteiger partial charge on any atom is -0.485 e. The van der Waals surface area contributed by atoms with Crippen LogP contribution in [0.1, 0.15) is 12.8 Å². The van der Waals surface area contributed by atoms with E-state index in [1.54, 1.807) is 0 Å². The summed E-state index contributed by atoms with van der Waals surface area (Å²) in [6.45, 7) is 2.13. The van der Waals surface area contributed by atoms with E-state index in [0.29, 0.717) is 11.5 Å². The summed E-state index contributed by atoms with van der Waals surface area (Å²) < 4.78 is 11.2. The largest absolute Gasteiger partial charge is 0.485 e. The molecule has 0 aromatic heterocycles. The highest BCUT2D eigenvalue weighted by atomic mass is 16.6. The van der Waals surface area contributed by atoms with Gasteiger partial charge in [-0.05, 0) is 31.5 Å². The number of carbonyl (C=O) groups is 1. The molecule has 2 N–H and O–H groups in total. The van der Waals surface area contributed by atoms with Crippen molar-refractivity contribution in [3.8, 4) is 11.5 Å². The van der Waals surface area contributed by atoms with Gasteiger partial charge in [-0.2, -0.15) is 0 Å². The molecule has 0 spiro atoms. The molecule has 2 aliphatic heterocycles. The second kappa shape index (κ2) is 5.48. The molecule has 2 atom stereocenters. The molecule has 0 aliphatic carbocycles. The Hall–Kier alpha value is -1.75. The Bertz CT molecular complexity index is 458. The molecule has 102 valence electrons. The number of piperidine rings is 1. The zero-order valence-electron chi connectivity index (χ0n) is 10.7. The molecule has 2 heterocycles. The second-order valence-electron chi connectivity index (χ2n) is 4.92. The summed E-state index contributed by atoms with van der Waals surface area (Å²) in [7, 11) is 0. The topological polar surface area (TPSA) is 59.6 Å². The van der Waals surface area contributed by atoms with Gasteiger partial charge in [0, 0.05) is 12.6 Å². The summed E-state index contributed by atoms with van der Waals surface area (Å²) in [5.74, 6) is 1.24. The summed E-state index contributed by atoms with van der Waals surface area (Å²) in [6, 6.07) is 7.61. The molecule has 5 heteroatoms. The zero-order valence-corrected chi connectivity index (χ0v) is 10.7. The molecule has 0 unspecified atom stereocenters. The van der Waals surface area contributed by atoms with E-state index < -0.39 is 6.10 Å². The number of rotatable bonds is 2. The van der Waals surface area contributed by atoms with Crippen molar-refractivity contribution in [3.63, 3.8) is 0 Å². The lowest BCUT2D eigenvalue weighted by Gasteiger charge is -2.29. The van der Waals surface area contributed by atoms with Crippen molar-refractivity contribution in [3.05, 3.63) is 24.3 Å². The van der Waals surface area contributed by atoms with Crippen molar-refractivity contribution < 1.29 is 14.3 Å². The van der Waals surface area contributed by atoms with Gasteiger partial charge in [-0.15, -0.1) is 0 Å². The average molecular weight is 262 g/mol. The number of benzene rings is 1. The summed E-state index contributed by atoms with van der Waals surface area (Å²) >= 11 is 0. The molecular weight excluding hydrogens is 244 g/mol. The van der Waals surface area contributed by atoms with Crippen LogP contribution in [-0.4, -0.2) is 37.7 Å². The van der Waals surface area contributed by atoms with Gasteiger partial charge in [0.2, 0.25) is 6.10 Å². The van der Waals surface area contributed by atoms with Crippen molar-refractivity contribution in [2.75, 3.05) is 19.7 Å². The third kappa shape index (κ3) is 2.81. The van der Waals surface area contributed by atoms with Crippen molar-refractivity contribution in [1.29, 1.82) is 0 Å². The van der Waals surface area contributed by atoms with Gasteiger partial charge >= 0.3 is 0 Å². The predicted molar refractivity (Wildman–Crippen MR) is 70.4 cm³/mol. The van der Waals surface area contributed by atoms with Crippen molar-refractivity contribution in [1.82, 2.24) is 10.6 Å². The quantitative estimate of drug-likeness (QED) is 0.823. The van der Waals surface area contributed by atoms with E-state index in [2.05, 4.69) is 10.6 Å². The molecule has 3 rings (SSSR count). The molecule has 2 aliphatic rings. The number of fused-ring (bicyclic) bond motifs is 1. The van der Waals surface area contributed by atoms with Gasteiger partial charge in [-0.1, -0.05) is 12.1 Å². The molecule has 0 bridgehead atoms. The minimum absolute atomic E-state index is 0.0943. The molecule has 19 heavy (non-hydrogen) atoms. The fourth-order valence-corrected chi connectivity index (χ4v) is 2.42. The van der Waals surface area contributed by atoms with Crippen molar-refractivity contribution in [2.24, 2.45) is 0 Å². The first kappa shape index (κ1) is 12.3. The maximum Gasteiger partial charge on any atom is 0.264 e. The maximum atomic E-state index is 12.1.